The maximum absolute atomic E-state index is 15.0. The van der Waals surface area contributed by atoms with Crippen LogP contribution < -0.4 is 11.0 Å². The lowest BCUT2D eigenvalue weighted by molar-refractivity contribution is -0.318. The summed E-state index contributed by atoms with van der Waals surface area (Å²) in [5.41, 5.74) is 5.72. The first-order valence-corrected chi connectivity index (χ1v) is 27.5. The van der Waals surface area contributed by atoms with Crippen LogP contribution in [-0.2, 0) is 42.7 Å². The number of aliphatic hydroxyl groups is 5. The summed E-state index contributed by atoms with van der Waals surface area (Å²) in [6.45, 7) is 19.0. The number of rotatable bonds is 16. The van der Waals surface area contributed by atoms with Gasteiger partial charge in [0.15, 0.2) is 12.6 Å². The van der Waals surface area contributed by atoms with Crippen LogP contribution in [0.2, 0.25) is 0 Å². The smallest absolute Gasteiger partial charge is 0.311 e. The Morgan fingerprint density at radius 2 is 1.67 bits per heavy atom. The molecule has 0 saturated carbocycles. The first-order chi connectivity index (χ1) is 35.8. The average molecular weight is 1080 g/mol. The van der Waals surface area contributed by atoms with E-state index in [1.807, 2.05) is 75.1 Å². The molecular formula is C56H94FN5O14. The Hall–Kier alpha value is -2.90. The summed E-state index contributed by atoms with van der Waals surface area (Å²) in [6, 6.07) is 6.31. The maximum atomic E-state index is 15.0. The molecule has 1 aromatic rings. The van der Waals surface area contributed by atoms with Gasteiger partial charge in [0.25, 0.3) is 0 Å². The van der Waals surface area contributed by atoms with Crippen molar-refractivity contribution in [3.8, 4) is 0 Å². The molecule has 76 heavy (non-hydrogen) atoms. The fourth-order valence-corrected chi connectivity index (χ4v) is 12.3. The molecule has 0 amide bonds. The Kier molecular flexibility index (Phi) is 21.8. The monoisotopic (exact) mass is 1080 g/mol. The van der Waals surface area contributed by atoms with Gasteiger partial charge < -0.3 is 78.7 Å². The van der Waals surface area contributed by atoms with Crippen molar-refractivity contribution in [2.45, 2.75) is 210 Å². The van der Waals surface area contributed by atoms with Gasteiger partial charge in [-0.1, -0.05) is 51.1 Å². The summed E-state index contributed by atoms with van der Waals surface area (Å²) in [6.07, 6.45) is -4.62. The highest BCUT2D eigenvalue weighted by Gasteiger charge is 2.53. The highest BCUT2D eigenvalue weighted by molar-refractivity contribution is 5.73. The Balaban J connectivity index is 1.24. The largest absolute Gasteiger partial charge is 0.459 e. The number of carbonyl (C=O) groups excluding carboxylic acids is 1. The Morgan fingerprint density at radius 1 is 0.974 bits per heavy atom. The van der Waals surface area contributed by atoms with Crippen LogP contribution in [0.15, 0.2) is 42.2 Å². The Labute approximate surface area is 451 Å². The summed E-state index contributed by atoms with van der Waals surface area (Å²) in [5.74, 6) is -2.85. The second-order valence-electron chi connectivity index (χ2n) is 23.3. The van der Waals surface area contributed by atoms with Crippen LogP contribution in [-0.4, -0.2) is 204 Å². The van der Waals surface area contributed by atoms with Crippen LogP contribution in [0.4, 0.5) is 4.39 Å². The van der Waals surface area contributed by atoms with Gasteiger partial charge in [0.1, 0.15) is 48.8 Å². The van der Waals surface area contributed by atoms with Gasteiger partial charge in [-0.15, -0.1) is 5.53 Å². The third kappa shape index (κ3) is 14.3. The number of nitrogens with one attached hydrogen (secondary N) is 2. The van der Waals surface area contributed by atoms with Crippen LogP contribution >= 0.6 is 0 Å². The van der Waals surface area contributed by atoms with E-state index in [1.165, 1.54) is 19.6 Å². The Morgan fingerprint density at radius 3 is 2.29 bits per heavy atom. The average Bonchev–Trinajstić information content (AvgIpc) is 3.87. The zero-order valence-electron chi connectivity index (χ0n) is 47.7. The number of hydrogen-bond acceptors (Lipinski definition) is 19. The summed E-state index contributed by atoms with van der Waals surface area (Å²) in [4.78, 5) is 18.5. The molecule has 3 saturated heterocycles. The van der Waals surface area contributed by atoms with Crippen molar-refractivity contribution in [2.75, 3.05) is 61.3 Å². The molecule has 1 aromatic carbocycles. The number of benzene rings is 1. The first-order valence-electron chi connectivity index (χ1n) is 27.5. The highest BCUT2D eigenvalue weighted by Crippen LogP contribution is 2.41. The van der Waals surface area contributed by atoms with E-state index in [9.17, 15) is 34.7 Å². The summed E-state index contributed by atoms with van der Waals surface area (Å²) in [7, 11) is 6.83. The van der Waals surface area contributed by atoms with Crippen molar-refractivity contribution >= 4 is 11.5 Å². The first kappa shape index (κ1) is 62.3. The van der Waals surface area contributed by atoms with Gasteiger partial charge in [-0.2, -0.15) is 0 Å². The predicted octanol–water partition coefficient (Wildman–Crippen LogP) is 4.36. The highest BCUT2D eigenvalue weighted by atomic mass is 19.1. The fraction of sp³-hybridized carbons (Fsp3) is 0.804. The number of likely N-dealkylation sites (N-methyl/N-ethyl adjacent to an activating group) is 2. The Bertz CT molecular complexity index is 2070. The SMILES string of the molecule is CC[C@H]1OC(=O)[C@H](C)[C@@H](O[C@H]2C[C@@](C)(OC)[C@@H](O)[C@H](C)O2)[C@H](C)[C@@H](O[C@@H]2O[C@H](C)C[C@H](N(C)CCC3=CN([C@H](CF)[C@H](OC)c4ccc(C5=CCOCC5)cc4)NN3)[C@H]2O)[C@](C)(O)C[C@@H](C)CN(C)[C@H](C)[C@@H](O)[C@]1(C)O. The van der Waals surface area contributed by atoms with Crippen molar-refractivity contribution in [2.24, 2.45) is 17.8 Å². The number of nitrogens with zero attached hydrogens (tertiary/aromatic N) is 3. The van der Waals surface area contributed by atoms with E-state index < -0.39 is 127 Å². The van der Waals surface area contributed by atoms with Crippen molar-refractivity contribution in [1.29, 1.82) is 0 Å². The number of carbonyl (C=O) groups is 1. The molecule has 0 unspecified atom stereocenters. The van der Waals surface area contributed by atoms with Gasteiger partial charge in [-0.25, -0.2) is 4.39 Å². The number of hydrazine groups is 2. The summed E-state index contributed by atoms with van der Waals surface area (Å²) >= 11 is 0. The van der Waals surface area contributed by atoms with Gasteiger partial charge in [-0.3, -0.25) is 9.80 Å². The predicted molar refractivity (Wildman–Crippen MR) is 283 cm³/mol. The number of cyclic esters (lactones) is 1. The van der Waals surface area contributed by atoms with Crippen molar-refractivity contribution in [3.05, 3.63) is 53.4 Å². The van der Waals surface area contributed by atoms with E-state index in [0.29, 0.717) is 39.1 Å². The molecule has 20 heteroatoms. The number of aliphatic hydroxyl groups excluding tert-OH is 3. The van der Waals surface area contributed by atoms with E-state index in [1.54, 1.807) is 53.7 Å². The van der Waals surface area contributed by atoms with E-state index in [-0.39, 0.29) is 25.2 Å². The third-order valence-corrected chi connectivity index (χ3v) is 17.2. The second kappa shape index (κ2) is 26.6. The summed E-state index contributed by atoms with van der Waals surface area (Å²) < 4.78 is 64.8. The van der Waals surface area contributed by atoms with Crippen LogP contribution in [0.3, 0.4) is 0 Å². The standard InChI is InChI=1S/C56H94FN5O14/c1-15-44-56(10,68)49(64)36(6)61(12)30-32(2)27-54(8,67)51(34(4)47(35(5)52(66)74-44)75-45-28-55(9,70-14)50(65)37(7)73-45)76-53-46(63)42(26-33(3)72-53)60(11)23-20-41-31-62(59-58-41)43(29-57)48(69-13)40-18-16-38(17-19-40)39-21-24-71-25-22-39/h16-19,21,31-37,42-51,53,58-59,63-65,67-68H,15,20,22-30H2,1-14H3/t32-,33-,34+,35-,36-,37+,42+,43-,44-,45+,46-,47+,48-,49-,50+,51-,53+,54-,55-,56-/m1/s1. The number of esters is 1. The normalized spacial score (nSPS) is 40.6. The number of hydrogen-bond donors (Lipinski definition) is 7. The lowest BCUT2D eigenvalue weighted by atomic mass is 9.77. The second-order valence-corrected chi connectivity index (χ2v) is 23.3. The lowest BCUT2D eigenvalue weighted by Crippen LogP contribution is -2.61. The molecule has 5 aliphatic heterocycles. The molecule has 19 nitrogen and oxygen atoms in total. The number of ether oxygens (including phenoxy) is 8. The fourth-order valence-electron chi connectivity index (χ4n) is 12.3. The molecule has 20 atom stereocenters. The van der Waals surface area contributed by atoms with Gasteiger partial charge in [0.05, 0.1) is 54.7 Å². The number of halogens is 1. The molecule has 0 radical (unpaired) electrons. The minimum Gasteiger partial charge on any atom is -0.459 e. The zero-order chi connectivity index (χ0) is 56.0. The van der Waals surface area contributed by atoms with Gasteiger partial charge >= 0.3 is 5.97 Å². The molecule has 0 spiro atoms. The zero-order valence-corrected chi connectivity index (χ0v) is 47.7. The van der Waals surface area contributed by atoms with Crippen molar-refractivity contribution in [1.82, 2.24) is 25.8 Å². The topological polar surface area (TPSA) is 226 Å². The minimum absolute atomic E-state index is 0.0897. The summed E-state index contributed by atoms with van der Waals surface area (Å²) in [5, 5.41) is 61.6. The van der Waals surface area contributed by atoms with Gasteiger partial charge in [-0.05, 0) is 111 Å². The van der Waals surface area contributed by atoms with E-state index in [4.69, 9.17) is 37.9 Å². The molecular weight excluding hydrogens is 986 g/mol. The maximum Gasteiger partial charge on any atom is 0.311 e. The number of alkyl halides is 1. The van der Waals surface area contributed by atoms with Crippen LogP contribution in [0, 0.1) is 17.8 Å². The molecule has 5 heterocycles. The molecule has 3 fully saturated rings. The molecule has 7 N–H and O–H groups in total. The number of methoxy groups -OCH3 is 2. The van der Waals surface area contributed by atoms with E-state index in [2.05, 4.69) is 17.0 Å². The quantitative estimate of drug-likeness (QED) is 0.114. The molecule has 6 rings (SSSR count). The van der Waals surface area contributed by atoms with E-state index >= 15 is 0 Å². The molecule has 434 valence electrons. The van der Waals surface area contributed by atoms with Gasteiger partial charge in [0.2, 0.25) is 0 Å². The van der Waals surface area contributed by atoms with Crippen molar-refractivity contribution in [3.63, 3.8) is 0 Å². The van der Waals surface area contributed by atoms with Crippen LogP contribution in [0.5, 0.6) is 0 Å². The van der Waals surface area contributed by atoms with Crippen LogP contribution in [0.25, 0.3) is 5.57 Å². The van der Waals surface area contributed by atoms with Gasteiger partial charge in [0, 0.05) is 70.0 Å². The minimum atomic E-state index is -1.85. The molecule has 0 aliphatic carbocycles. The van der Waals surface area contributed by atoms with Crippen LogP contribution in [0.1, 0.15) is 125 Å². The molecule has 0 aromatic heterocycles. The molecule has 0 bridgehead atoms. The lowest BCUT2D eigenvalue weighted by Gasteiger charge is -2.49. The third-order valence-electron chi connectivity index (χ3n) is 17.2. The van der Waals surface area contributed by atoms with E-state index in [0.717, 1.165) is 23.2 Å². The van der Waals surface area contributed by atoms with Crippen molar-refractivity contribution < 1.29 is 72.6 Å². The molecule has 5 aliphatic rings.